The first-order valence-electron chi connectivity index (χ1n) is 5.54. The minimum absolute atomic E-state index is 0.119. The molecule has 2 rings (SSSR count). The third-order valence-corrected chi connectivity index (χ3v) is 2.84. The second-order valence-corrected chi connectivity index (χ2v) is 4.33. The van der Waals surface area contributed by atoms with Gasteiger partial charge in [0.2, 0.25) is 0 Å². The molecule has 90 valence electrons. The Morgan fingerprint density at radius 3 is 1.83 bits per heavy atom. The summed E-state index contributed by atoms with van der Waals surface area (Å²) in [5.41, 5.74) is 1.06. The lowest BCUT2D eigenvalue weighted by Gasteiger charge is -2.01. The molecule has 0 atom stereocenters. The number of rotatable bonds is 4. The van der Waals surface area contributed by atoms with Gasteiger partial charge in [-0.15, -0.1) is 0 Å². The van der Waals surface area contributed by atoms with Gasteiger partial charge in [0.1, 0.15) is 0 Å². The average Bonchev–Trinajstić information content (AvgIpc) is 2.40. The van der Waals surface area contributed by atoms with Crippen molar-refractivity contribution in [1.29, 1.82) is 0 Å². The lowest BCUT2D eigenvalue weighted by molar-refractivity contribution is 0.0894. The van der Waals surface area contributed by atoms with Gasteiger partial charge in [0, 0.05) is 16.1 Å². The van der Waals surface area contributed by atoms with E-state index in [2.05, 4.69) is 0 Å². The highest BCUT2D eigenvalue weighted by Crippen LogP contribution is 2.12. The first-order chi connectivity index (χ1) is 8.66. The van der Waals surface area contributed by atoms with E-state index in [0.717, 1.165) is 0 Å². The average molecular weight is 259 g/mol. The van der Waals surface area contributed by atoms with E-state index in [9.17, 15) is 9.59 Å². The summed E-state index contributed by atoms with van der Waals surface area (Å²) in [6, 6.07) is 15.3. The van der Waals surface area contributed by atoms with Crippen molar-refractivity contribution in [3.63, 3.8) is 0 Å². The van der Waals surface area contributed by atoms with Crippen LogP contribution in [0, 0.1) is 0 Å². The molecule has 0 aliphatic heterocycles. The molecule has 2 aromatic carbocycles. The fourth-order valence-corrected chi connectivity index (χ4v) is 1.74. The number of carbonyl (C=O) groups is 2. The summed E-state index contributed by atoms with van der Waals surface area (Å²) in [6.07, 6.45) is -0.119. The first kappa shape index (κ1) is 12.5. The Balaban J connectivity index is 2.08. The van der Waals surface area contributed by atoms with Gasteiger partial charge in [-0.1, -0.05) is 41.9 Å². The molecule has 0 aliphatic carbocycles. The van der Waals surface area contributed by atoms with Gasteiger partial charge < -0.3 is 0 Å². The second kappa shape index (κ2) is 5.61. The SMILES string of the molecule is O=C(CC(=O)c1ccc(Cl)cc1)c1ccccc1. The molecule has 2 aromatic rings. The smallest absolute Gasteiger partial charge is 0.170 e. The van der Waals surface area contributed by atoms with Crippen LogP contribution in [0.4, 0.5) is 0 Å². The molecular weight excluding hydrogens is 248 g/mol. The molecule has 0 amide bonds. The summed E-state index contributed by atoms with van der Waals surface area (Å²) in [5.74, 6) is -0.365. The molecule has 0 aliphatic rings. The van der Waals surface area contributed by atoms with Crippen LogP contribution in [0.15, 0.2) is 54.6 Å². The Hall–Kier alpha value is -1.93. The van der Waals surface area contributed by atoms with E-state index in [-0.39, 0.29) is 18.0 Å². The predicted octanol–water partition coefficient (Wildman–Crippen LogP) is 3.80. The molecule has 0 heterocycles. The highest BCUT2D eigenvalue weighted by atomic mass is 35.5. The van der Waals surface area contributed by atoms with Crippen LogP contribution >= 0.6 is 11.6 Å². The van der Waals surface area contributed by atoms with Crippen molar-refractivity contribution in [3.8, 4) is 0 Å². The Bertz CT molecular complexity index is 559. The Labute approximate surface area is 110 Å². The van der Waals surface area contributed by atoms with Gasteiger partial charge in [0.25, 0.3) is 0 Å². The van der Waals surface area contributed by atoms with Crippen molar-refractivity contribution < 1.29 is 9.59 Å². The molecule has 0 radical (unpaired) electrons. The van der Waals surface area contributed by atoms with Gasteiger partial charge in [-0.05, 0) is 24.3 Å². The minimum atomic E-state index is -0.194. The van der Waals surface area contributed by atoms with Gasteiger partial charge in [-0.25, -0.2) is 0 Å². The maximum Gasteiger partial charge on any atom is 0.170 e. The van der Waals surface area contributed by atoms with Gasteiger partial charge >= 0.3 is 0 Å². The molecule has 18 heavy (non-hydrogen) atoms. The molecule has 0 bridgehead atoms. The molecule has 0 unspecified atom stereocenters. The third-order valence-electron chi connectivity index (χ3n) is 2.58. The number of halogens is 1. The number of ketones is 2. The fraction of sp³-hybridized carbons (Fsp3) is 0.0667. The number of Topliss-reactive ketones (excluding diaryl/α,β-unsaturated/α-hetero) is 2. The highest BCUT2D eigenvalue weighted by Gasteiger charge is 2.13. The normalized spacial score (nSPS) is 10.1. The van der Waals surface area contributed by atoms with Gasteiger partial charge in [0.05, 0.1) is 6.42 Å². The van der Waals surface area contributed by atoms with E-state index in [1.807, 2.05) is 6.07 Å². The third kappa shape index (κ3) is 3.05. The maximum atomic E-state index is 11.9. The Morgan fingerprint density at radius 2 is 1.28 bits per heavy atom. The van der Waals surface area contributed by atoms with Crippen LogP contribution in [-0.4, -0.2) is 11.6 Å². The summed E-state index contributed by atoms with van der Waals surface area (Å²) < 4.78 is 0. The number of hydrogen-bond acceptors (Lipinski definition) is 2. The van der Waals surface area contributed by atoms with Crippen molar-refractivity contribution in [2.75, 3.05) is 0 Å². The number of hydrogen-bond donors (Lipinski definition) is 0. The van der Waals surface area contributed by atoms with Crippen LogP contribution in [0.1, 0.15) is 27.1 Å². The van der Waals surface area contributed by atoms with Crippen LogP contribution in [0.2, 0.25) is 5.02 Å². The summed E-state index contributed by atoms with van der Waals surface area (Å²) >= 11 is 5.74. The van der Waals surface area contributed by atoms with Crippen LogP contribution in [-0.2, 0) is 0 Å². The van der Waals surface area contributed by atoms with Gasteiger partial charge in [-0.3, -0.25) is 9.59 Å². The standard InChI is InChI=1S/C15H11ClO2/c16-13-8-6-12(7-9-13)15(18)10-14(17)11-4-2-1-3-5-11/h1-9H,10H2. The summed E-state index contributed by atoms with van der Waals surface area (Å²) in [6.45, 7) is 0. The van der Waals surface area contributed by atoms with Crippen LogP contribution in [0.3, 0.4) is 0 Å². The quantitative estimate of drug-likeness (QED) is 0.618. The summed E-state index contributed by atoms with van der Waals surface area (Å²) in [5, 5.41) is 0.570. The van der Waals surface area contributed by atoms with E-state index < -0.39 is 0 Å². The molecule has 0 spiro atoms. The van der Waals surface area contributed by atoms with E-state index in [4.69, 9.17) is 11.6 Å². The number of carbonyl (C=O) groups excluding carboxylic acids is 2. The molecule has 0 saturated carbocycles. The zero-order chi connectivity index (χ0) is 13.0. The first-order valence-corrected chi connectivity index (χ1v) is 5.91. The van der Waals surface area contributed by atoms with E-state index >= 15 is 0 Å². The van der Waals surface area contributed by atoms with Crippen molar-refractivity contribution in [3.05, 3.63) is 70.7 Å². The molecule has 3 heteroatoms. The topological polar surface area (TPSA) is 34.1 Å². The highest BCUT2D eigenvalue weighted by molar-refractivity contribution is 6.30. The van der Waals surface area contributed by atoms with Gasteiger partial charge in [0.15, 0.2) is 11.6 Å². The van der Waals surface area contributed by atoms with Crippen molar-refractivity contribution in [2.24, 2.45) is 0 Å². The summed E-state index contributed by atoms with van der Waals surface area (Å²) in [7, 11) is 0. The predicted molar refractivity (Wildman–Crippen MR) is 71.2 cm³/mol. The van der Waals surface area contributed by atoms with Crippen LogP contribution < -0.4 is 0 Å². The Kier molecular flexibility index (Phi) is 3.90. The maximum absolute atomic E-state index is 11.9. The zero-order valence-corrected chi connectivity index (χ0v) is 10.4. The minimum Gasteiger partial charge on any atom is -0.294 e. The number of benzene rings is 2. The zero-order valence-electron chi connectivity index (χ0n) is 9.60. The molecule has 0 aromatic heterocycles. The Morgan fingerprint density at radius 1 is 0.778 bits per heavy atom. The molecular formula is C15H11ClO2. The van der Waals surface area contributed by atoms with Crippen LogP contribution in [0.5, 0.6) is 0 Å². The van der Waals surface area contributed by atoms with Crippen molar-refractivity contribution >= 4 is 23.2 Å². The van der Waals surface area contributed by atoms with Crippen molar-refractivity contribution in [1.82, 2.24) is 0 Å². The molecule has 0 saturated heterocycles. The summed E-state index contributed by atoms with van der Waals surface area (Å²) in [4.78, 5) is 23.7. The lowest BCUT2D eigenvalue weighted by atomic mass is 10.0. The second-order valence-electron chi connectivity index (χ2n) is 3.90. The van der Waals surface area contributed by atoms with Crippen LogP contribution in [0.25, 0.3) is 0 Å². The van der Waals surface area contributed by atoms with Gasteiger partial charge in [-0.2, -0.15) is 0 Å². The molecule has 0 N–H and O–H groups in total. The molecule has 2 nitrogen and oxygen atoms in total. The largest absolute Gasteiger partial charge is 0.294 e. The monoisotopic (exact) mass is 258 g/mol. The van der Waals surface area contributed by atoms with E-state index in [0.29, 0.717) is 16.1 Å². The molecule has 0 fully saturated rings. The lowest BCUT2D eigenvalue weighted by Crippen LogP contribution is -2.08. The van der Waals surface area contributed by atoms with E-state index in [1.165, 1.54) is 0 Å². The van der Waals surface area contributed by atoms with Crippen molar-refractivity contribution in [2.45, 2.75) is 6.42 Å². The fourth-order valence-electron chi connectivity index (χ4n) is 1.61. The van der Waals surface area contributed by atoms with E-state index in [1.54, 1.807) is 48.5 Å².